The molecule has 0 spiro atoms. The van der Waals surface area contributed by atoms with E-state index in [9.17, 15) is 5.11 Å². The van der Waals surface area contributed by atoms with Crippen molar-refractivity contribution in [2.24, 2.45) is 0 Å². The zero-order valence-electron chi connectivity index (χ0n) is 18.5. The van der Waals surface area contributed by atoms with Gasteiger partial charge >= 0.3 is 0 Å². The summed E-state index contributed by atoms with van der Waals surface area (Å²) in [5.74, 6) is 2.65. The van der Waals surface area contributed by atoms with Gasteiger partial charge in [0.15, 0.2) is 5.75 Å². The van der Waals surface area contributed by atoms with Crippen molar-refractivity contribution in [1.82, 2.24) is 19.7 Å². The molecule has 5 heterocycles. The molecule has 2 aliphatic heterocycles. The molecule has 8 nitrogen and oxygen atoms in total. The highest BCUT2D eigenvalue weighted by Crippen LogP contribution is 2.40. The molecular weight excluding hydrogens is 406 g/mol. The van der Waals surface area contributed by atoms with Crippen LogP contribution in [-0.2, 0) is 23.3 Å². The Morgan fingerprint density at radius 3 is 2.78 bits per heavy atom. The van der Waals surface area contributed by atoms with Crippen molar-refractivity contribution in [2.45, 2.75) is 57.6 Å². The molecule has 8 heteroatoms. The molecule has 1 saturated heterocycles. The van der Waals surface area contributed by atoms with Gasteiger partial charge in [0.05, 0.1) is 11.4 Å². The number of pyridine rings is 2. The summed E-state index contributed by atoms with van der Waals surface area (Å²) in [6.07, 6.45) is 7.43. The van der Waals surface area contributed by atoms with Crippen molar-refractivity contribution >= 4 is 11.5 Å². The number of nitrogens with one attached hydrogen (secondary N) is 1. The predicted molar refractivity (Wildman–Crippen MR) is 120 cm³/mol. The van der Waals surface area contributed by atoms with Gasteiger partial charge in [-0.3, -0.25) is 9.67 Å². The summed E-state index contributed by atoms with van der Waals surface area (Å²) in [5, 5.41) is 18.4. The van der Waals surface area contributed by atoms with E-state index in [1.165, 1.54) is 5.69 Å². The van der Waals surface area contributed by atoms with Crippen LogP contribution in [0.3, 0.4) is 0 Å². The third-order valence-corrected chi connectivity index (χ3v) is 6.04. The molecule has 0 saturated carbocycles. The first-order valence-electron chi connectivity index (χ1n) is 11.2. The van der Waals surface area contributed by atoms with Gasteiger partial charge in [-0.2, -0.15) is 5.10 Å². The van der Waals surface area contributed by atoms with Crippen molar-refractivity contribution < 1.29 is 14.6 Å². The molecule has 0 radical (unpaired) electrons. The standard InChI is InChI=1S/C24H29N5O3/c1-24(2,30)20-14-17(5-9-25-20)27-21-15-18(6-10-26-21)32-23-19-4-3-11-29(19)28-22(23)16-7-12-31-13-8-16/h5-6,9-10,14-16,30H,3-4,7-8,11-13H2,1-2H3,(H,25,26,27). The summed E-state index contributed by atoms with van der Waals surface area (Å²) in [4.78, 5) is 8.68. The number of ether oxygens (including phenoxy) is 2. The zero-order valence-corrected chi connectivity index (χ0v) is 18.5. The number of hydrogen-bond acceptors (Lipinski definition) is 7. The molecule has 0 bridgehead atoms. The Bertz CT molecular complexity index is 1100. The summed E-state index contributed by atoms with van der Waals surface area (Å²) < 4.78 is 14.1. The first kappa shape index (κ1) is 20.9. The highest BCUT2D eigenvalue weighted by atomic mass is 16.5. The van der Waals surface area contributed by atoms with E-state index in [4.69, 9.17) is 14.6 Å². The molecule has 0 aliphatic carbocycles. The van der Waals surface area contributed by atoms with Gasteiger partial charge in [-0.05, 0) is 57.7 Å². The van der Waals surface area contributed by atoms with Crippen LogP contribution in [0, 0.1) is 0 Å². The SMILES string of the molecule is CC(C)(O)c1cc(Nc2cc(Oc3c(C4CCOCC4)nn4c3CCC4)ccn2)ccn1. The van der Waals surface area contributed by atoms with Crippen LogP contribution >= 0.6 is 0 Å². The molecule has 168 valence electrons. The lowest BCUT2D eigenvalue weighted by Crippen LogP contribution is -2.17. The van der Waals surface area contributed by atoms with Crippen LogP contribution in [0.1, 0.15) is 56.1 Å². The number of rotatable bonds is 6. The summed E-state index contributed by atoms with van der Waals surface area (Å²) in [7, 11) is 0. The fourth-order valence-electron chi connectivity index (χ4n) is 4.33. The molecule has 5 rings (SSSR count). The van der Waals surface area contributed by atoms with Gasteiger partial charge in [-0.25, -0.2) is 4.98 Å². The zero-order chi connectivity index (χ0) is 22.1. The molecule has 32 heavy (non-hydrogen) atoms. The minimum absolute atomic E-state index is 0.369. The molecule has 0 atom stereocenters. The van der Waals surface area contributed by atoms with Crippen LogP contribution < -0.4 is 10.1 Å². The number of nitrogens with zero attached hydrogens (tertiary/aromatic N) is 4. The number of anilines is 2. The fourth-order valence-corrected chi connectivity index (χ4v) is 4.33. The highest BCUT2D eigenvalue weighted by Gasteiger charge is 2.29. The average Bonchev–Trinajstić information content (AvgIpc) is 3.37. The molecule has 2 aliphatic rings. The molecule has 1 fully saturated rings. The van der Waals surface area contributed by atoms with Crippen LogP contribution in [0.25, 0.3) is 0 Å². The number of aromatic nitrogens is 4. The Labute approximate surface area is 187 Å². The molecule has 3 aromatic heterocycles. The molecule has 0 amide bonds. The molecule has 3 aromatic rings. The van der Waals surface area contributed by atoms with Gasteiger partial charge in [-0.1, -0.05) is 0 Å². The third-order valence-electron chi connectivity index (χ3n) is 6.04. The maximum atomic E-state index is 10.2. The predicted octanol–water partition coefficient (Wildman–Crippen LogP) is 4.28. The lowest BCUT2D eigenvalue weighted by Gasteiger charge is -2.21. The van der Waals surface area contributed by atoms with E-state index in [0.29, 0.717) is 17.4 Å². The van der Waals surface area contributed by atoms with E-state index in [1.807, 2.05) is 24.3 Å². The maximum absolute atomic E-state index is 10.2. The smallest absolute Gasteiger partial charge is 0.171 e. The average molecular weight is 436 g/mol. The maximum Gasteiger partial charge on any atom is 0.171 e. The molecule has 0 aromatic carbocycles. The van der Waals surface area contributed by atoms with Gasteiger partial charge in [0.2, 0.25) is 0 Å². The van der Waals surface area contributed by atoms with Crippen LogP contribution in [0.5, 0.6) is 11.5 Å². The quantitative estimate of drug-likeness (QED) is 0.597. The Hall–Kier alpha value is -2.97. The van der Waals surface area contributed by atoms with Gasteiger partial charge in [0.1, 0.15) is 22.9 Å². The van der Waals surface area contributed by atoms with Crippen LogP contribution in [0.2, 0.25) is 0 Å². The second-order valence-electron chi connectivity index (χ2n) is 8.97. The normalized spacial score (nSPS) is 16.7. The van der Waals surface area contributed by atoms with Gasteiger partial charge in [0, 0.05) is 49.8 Å². The summed E-state index contributed by atoms with van der Waals surface area (Å²) in [6, 6.07) is 7.42. The van der Waals surface area contributed by atoms with Crippen molar-refractivity contribution in [3.63, 3.8) is 0 Å². The fraction of sp³-hybridized carbons (Fsp3) is 0.458. The molecule has 2 N–H and O–H groups in total. The number of aryl methyl sites for hydroxylation is 1. The van der Waals surface area contributed by atoms with E-state index in [1.54, 1.807) is 26.2 Å². The van der Waals surface area contributed by atoms with E-state index in [-0.39, 0.29) is 0 Å². The van der Waals surface area contributed by atoms with Crippen LogP contribution in [0.4, 0.5) is 11.5 Å². The number of aliphatic hydroxyl groups is 1. The van der Waals surface area contributed by atoms with Crippen LogP contribution in [-0.4, -0.2) is 38.1 Å². The first-order valence-corrected chi connectivity index (χ1v) is 11.2. The lowest BCUT2D eigenvalue weighted by molar-refractivity contribution is 0.0739. The van der Waals surface area contributed by atoms with E-state index < -0.39 is 5.60 Å². The Kier molecular flexibility index (Phi) is 5.57. The summed E-state index contributed by atoms with van der Waals surface area (Å²) >= 11 is 0. The minimum Gasteiger partial charge on any atom is -0.453 e. The summed E-state index contributed by atoms with van der Waals surface area (Å²) in [5.41, 5.74) is 2.61. The Morgan fingerprint density at radius 2 is 1.97 bits per heavy atom. The van der Waals surface area contributed by atoms with Gasteiger partial charge in [0.25, 0.3) is 0 Å². The molecular formula is C24H29N5O3. The Morgan fingerprint density at radius 1 is 1.16 bits per heavy atom. The van der Waals surface area contributed by atoms with Crippen LogP contribution in [0.15, 0.2) is 36.7 Å². The molecule has 0 unspecified atom stereocenters. The lowest BCUT2D eigenvalue weighted by atomic mass is 9.95. The van der Waals surface area contributed by atoms with Crippen molar-refractivity contribution in [2.75, 3.05) is 18.5 Å². The first-order chi connectivity index (χ1) is 15.5. The second kappa shape index (κ2) is 8.52. The largest absolute Gasteiger partial charge is 0.453 e. The third kappa shape index (κ3) is 4.33. The highest BCUT2D eigenvalue weighted by molar-refractivity contribution is 5.58. The van der Waals surface area contributed by atoms with Crippen molar-refractivity contribution in [3.8, 4) is 11.5 Å². The van der Waals surface area contributed by atoms with E-state index >= 15 is 0 Å². The topological polar surface area (TPSA) is 94.3 Å². The second-order valence-corrected chi connectivity index (χ2v) is 8.97. The Balaban J connectivity index is 1.39. The van der Waals surface area contributed by atoms with Crippen molar-refractivity contribution in [1.29, 1.82) is 0 Å². The minimum atomic E-state index is -1.01. The number of hydrogen-bond donors (Lipinski definition) is 2. The van der Waals surface area contributed by atoms with E-state index in [0.717, 1.165) is 68.3 Å². The van der Waals surface area contributed by atoms with Gasteiger partial charge in [-0.15, -0.1) is 0 Å². The van der Waals surface area contributed by atoms with E-state index in [2.05, 4.69) is 20.0 Å². The summed E-state index contributed by atoms with van der Waals surface area (Å²) in [6.45, 7) is 5.92. The monoisotopic (exact) mass is 435 g/mol. The van der Waals surface area contributed by atoms with Crippen molar-refractivity contribution in [3.05, 3.63) is 53.7 Å². The number of fused-ring (bicyclic) bond motifs is 1. The van der Waals surface area contributed by atoms with Gasteiger partial charge < -0.3 is 19.9 Å².